The van der Waals surface area contributed by atoms with Crippen LogP contribution < -0.4 is 5.73 Å². The van der Waals surface area contributed by atoms with Crippen molar-refractivity contribution in [2.24, 2.45) is 0 Å². The molecule has 0 bridgehead atoms. The Labute approximate surface area is 119 Å². The molecule has 9 heteroatoms. The highest BCUT2D eigenvalue weighted by Crippen LogP contribution is 2.29. The minimum Gasteiger partial charge on any atom is -0.368 e. The maximum Gasteiger partial charge on any atom is 0.249 e. The summed E-state index contributed by atoms with van der Waals surface area (Å²) in [6, 6.07) is 2.91. The highest BCUT2D eigenvalue weighted by molar-refractivity contribution is 7.89. The van der Waals surface area contributed by atoms with E-state index in [0.29, 0.717) is 11.3 Å². The number of hydrogen-bond donors (Lipinski definition) is 1. The number of sulfonamides is 1. The van der Waals surface area contributed by atoms with Crippen LogP contribution >= 0.6 is 0 Å². The fraction of sp³-hybridized carbons (Fsp3) is 0.167. The minimum atomic E-state index is -4.31. The van der Waals surface area contributed by atoms with Crippen molar-refractivity contribution >= 4 is 16.0 Å². The average Bonchev–Trinajstić information content (AvgIpc) is 2.81. The molecule has 1 aromatic heterocycles. The molecular weight excluding hydrogens is 302 g/mol. The third-order valence-corrected chi connectivity index (χ3v) is 5.01. The van der Waals surface area contributed by atoms with Gasteiger partial charge in [-0.1, -0.05) is 6.07 Å². The highest BCUT2D eigenvalue weighted by atomic mass is 32.2. The quantitative estimate of drug-likeness (QED) is 0.895. The summed E-state index contributed by atoms with van der Waals surface area (Å²) >= 11 is 0. The summed E-state index contributed by atoms with van der Waals surface area (Å²) in [5.41, 5.74) is 6.43. The Morgan fingerprint density at radius 2 is 1.86 bits per heavy atom. The van der Waals surface area contributed by atoms with Crippen LogP contribution in [0.5, 0.6) is 0 Å². The van der Waals surface area contributed by atoms with Crippen LogP contribution in [0.15, 0.2) is 29.3 Å². The SMILES string of the molecule is Nc1ncc2c(n1)CN(S(=O)(=O)c1c(F)cccc1F)C2. The molecule has 2 heterocycles. The van der Waals surface area contributed by atoms with E-state index in [0.717, 1.165) is 22.5 Å². The van der Waals surface area contributed by atoms with Gasteiger partial charge in [-0.25, -0.2) is 27.2 Å². The van der Waals surface area contributed by atoms with E-state index in [2.05, 4.69) is 9.97 Å². The minimum absolute atomic E-state index is 0.0186. The molecule has 0 saturated heterocycles. The van der Waals surface area contributed by atoms with Crippen molar-refractivity contribution in [3.63, 3.8) is 0 Å². The highest BCUT2D eigenvalue weighted by Gasteiger charge is 2.35. The summed E-state index contributed by atoms with van der Waals surface area (Å²) in [5.74, 6) is -2.24. The van der Waals surface area contributed by atoms with E-state index < -0.39 is 26.6 Å². The van der Waals surface area contributed by atoms with Gasteiger partial charge in [0.05, 0.1) is 12.2 Å². The summed E-state index contributed by atoms with van der Waals surface area (Å²) in [5, 5.41) is 0. The Balaban J connectivity index is 2.02. The van der Waals surface area contributed by atoms with Crippen molar-refractivity contribution in [2.45, 2.75) is 18.0 Å². The monoisotopic (exact) mass is 312 g/mol. The van der Waals surface area contributed by atoms with Gasteiger partial charge in [-0.05, 0) is 12.1 Å². The van der Waals surface area contributed by atoms with E-state index in [-0.39, 0.29) is 19.0 Å². The van der Waals surface area contributed by atoms with E-state index in [1.54, 1.807) is 0 Å². The number of nitrogen functional groups attached to an aromatic ring is 1. The number of aromatic nitrogens is 2. The van der Waals surface area contributed by atoms with Crippen molar-refractivity contribution in [1.82, 2.24) is 14.3 Å². The van der Waals surface area contributed by atoms with Crippen LogP contribution in [0.4, 0.5) is 14.7 Å². The van der Waals surface area contributed by atoms with Crippen molar-refractivity contribution in [3.8, 4) is 0 Å². The molecule has 0 amide bonds. The van der Waals surface area contributed by atoms with Gasteiger partial charge in [0.1, 0.15) is 11.6 Å². The normalized spacial score (nSPS) is 15.1. The number of halogens is 2. The first-order chi connectivity index (χ1) is 9.89. The van der Waals surface area contributed by atoms with Gasteiger partial charge in [0.2, 0.25) is 16.0 Å². The largest absolute Gasteiger partial charge is 0.368 e. The third kappa shape index (κ3) is 2.24. The molecule has 110 valence electrons. The first kappa shape index (κ1) is 13.8. The Morgan fingerprint density at radius 3 is 2.52 bits per heavy atom. The van der Waals surface area contributed by atoms with E-state index in [1.165, 1.54) is 6.20 Å². The second kappa shape index (κ2) is 4.71. The standard InChI is InChI=1S/C12H10F2N4O2S/c13-8-2-1-3-9(14)11(8)21(19,20)18-5-7-4-16-12(15)17-10(7)6-18/h1-4H,5-6H2,(H2,15,16,17). The molecule has 6 nitrogen and oxygen atoms in total. The Bertz CT molecular complexity index is 806. The van der Waals surface area contributed by atoms with Gasteiger partial charge in [-0.2, -0.15) is 4.31 Å². The molecule has 21 heavy (non-hydrogen) atoms. The summed E-state index contributed by atoms with van der Waals surface area (Å²) < 4.78 is 53.1. The van der Waals surface area contributed by atoms with Gasteiger partial charge < -0.3 is 5.73 Å². The number of anilines is 1. The predicted octanol–water partition coefficient (Wildman–Crippen LogP) is 1.04. The molecule has 0 atom stereocenters. The number of rotatable bonds is 2. The van der Waals surface area contributed by atoms with Crippen molar-refractivity contribution < 1.29 is 17.2 Å². The van der Waals surface area contributed by atoms with Crippen molar-refractivity contribution in [2.75, 3.05) is 5.73 Å². The summed E-state index contributed by atoms with van der Waals surface area (Å²) in [4.78, 5) is 6.74. The summed E-state index contributed by atoms with van der Waals surface area (Å²) in [7, 11) is -4.31. The smallest absolute Gasteiger partial charge is 0.249 e. The molecule has 1 aromatic carbocycles. The topological polar surface area (TPSA) is 89.2 Å². The average molecular weight is 312 g/mol. The zero-order valence-electron chi connectivity index (χ0n) is 10.6. The number of fused-ring (bicyclic) bond motifs is 1. The Hall–Kier alpha value is -2.13. The molecule has 1 aliphatic heterocycles. The molecule has 0 radical (unpaired) electrons. The number of hydrogen-bond acceptors (Lipinski definition) is 5. The fourth-order valence-electron chi connectivity index (χ4n) is 2.17. The second-order valence-corrected chi connectivity index (χ2v) is 6.40. The number of nitrogens with zero attached hydrogens (tertiary/aromatic N) is 3. The van der Waals surface area contributed by atoms with Gasteiger partial charge >= 0.3 is 0 Å². The molecule has 0 aliphatic carbocycles. The van der Waals surface area contributed by atoms with Gasteiger partial charge in [0, 0.05) is 18.3 Å². The van der Waals surface area contributed by atoms with Crippen LogP contribution in [0.25, 0.3) is 0 Å². The van der Waals surface area contributed by atoms with Crippen LogP contribution in [-0.4, -0.2) is 22.7 Å². The molecule has 0 unspecified atom stereocenters. The molecule has 0 fully saturated rings. The molecular formula is C12H10F2N4O2S. The van der Waals surface area contributed by atoms with Crippen molar-refractivity contribution in [3.05, 3.63) is 47.3 Å². The zero-order valence-corrected chi connectivity index (χ0v) is 11.4. The van der Waals surface area contributed by atoms with E-state index in [1.807, 2.05) is 0 Å². The van der Waals surface area contributed by atoms with Crippen molar-refractivity contribution in [1.29, 1.82) is 0 Å². The Kier molecular flexibility index (Phi) is 3.10. The number of benzene rings is 1. The van der Waals surface area contributed by atoms with Crippen LogP contribution in [0, 0.1) is 11.6 Å². The number of nitrogens with two attached hydrogens (primary N) is 1. The molecule has 0 saturated carbocycles. The third-order valence-electron chi connectivity index (χ3n) is 3.16. The van der Waals surface area contributed by atoms with E-state index >= 15 is 0 Å². The lowest BCUT2D eigenvalue weighted by Crippen LogP contribution is -2.27. The van der Waals surface area contributed by atoms with Gasteiger partial charge in [0.25, 0.3) is 0 Å². The molecule has 3 rings (SSSR count). The van der Waals surface area contributed by atoms with Crippen LogP contribution in [0.2, 0.25) is 0 Å². The van der Waals surface area contributed by atoms with Crippen LogP contribution in [0.1, 0.15) is 11.3 Å². The fourth-order valence-corrected chi connectivity index (χ4v) is 3.66. The summed E-state index contributed by atoms with van der Waals surface area (Å²) in [6.07, 6.45) is 1.41. The lowest BCUT2D eigenvalue weighted by molar-refractivity contribution is 0.417. The maximum absolute atomic E-state index is 13.7. The van der Waals surface area contributed by atoms with Gasteiger partial charge in [0.15, 0.2) is 4.90 Å². The molecule has 2 N–H and O–H groups in total. The summed E-state index contributed by atoms with van der Waals surface area (Å²) in [6.45, 7) is -0.149. The maximum atomic E-state index is 13.7. The predicted molar refractivity (Wildman–Crippen MR) is 69.2 cm³/mol. The lowest BCUT2D eigenvalue weighted by Gasteiger charge is -2.16. The molecule has 1 aliphatic rings. The first-order valence-electron chi connectivity index (χ1n) is 5.94. The first-order valence-corrected chi connectivity index (χ1v) is 7.38. The Morgan fingerprint density at radius 1 is 1.19 bits per heavy atom. The van der Waals surface area contributed by atoms with Crippen LogP contribution in [0.3, 0.4) is 0 Å². The van der Waals surface area contributed by atoms with Crippen LogP contribution in [-0.2, 0) is 23.1 Å². The van der Waals surface area contributed by atoms with Gasteiger partial charge in [-0.15, -0.1) is 0 Å². The van der Waals surface area contributed by atoms with E-state index in [9.17, 15) is 17.2 Å². The van der Waals surface area contributed by atoms with E-state index in [4.69, 9.17) is 5.73 Å². The second-order valence-electron chi connectivity index (χ2n) is 4.52. The molecule has 2 aromatic rings. The zero-order chi connectivity index (χ0) is 15.2. The lowest BCUT2D eigenvalue weighted by atomic mass is 10.3. The van der Waals surface area contributed by atoms with Gasteiger partial charge in [-0.3, -0.25) is 0 Å². The molecule has 0 spiro atoms.